The Kier molecular flexibility index (Phi) is 3.94. The number of aromatic nitrogens is 3. The van der Waals surface area contributed by atoms with Gasteiger partial charge in [0.05, 0.1) is 16.4 Å². The lowest BCUT2D eigenvalue weighted by Crippen LogP contribution is -2.20. The fourth-order valence-electron chi connectivity index (χ4n) is 3.13. The normalized spacial score (nSPS) is 15.0. The lowest BCUT2D eigenvalue weighted by atomic mass is 10.1. The third-order valence-corrected chi connectivity index (χ3v) is 4.75. The summed E-state index contributed by atoms with van der Waals surface area (Å²) in [5.41, 5.74) is 2.87. The number of nitrogens with one attached hydrogen (secondary N) is 1. The van der Waals surface area contributed by atoms with E-state index >= 15 is 0 Å². The first-order chi connectivity index (χ1) is 11.7. The number of carbonyl (C=O) groups is 1. The van der Waals surface area contributed by atoms with Crippen molar-refractivity contribution in [1.82, 2.24) is 15.0 Å². The van der Waals surface area contributed by atoms with Crippen molar-refractivity contribution in [2.75, 3.05) is 5.32 Å². The van der Waals surface area contributed by atoms with E-state index in [-0.39, 0.29) is 11.8 Å². The Hall–Kier alpha value is -2.40. The Morgan fingerprint density at radius 1 is 1.08 bits per heavy atom. The number of amides is 1. The molecular weight excluding hydrogens is 324 g/mol. The number of carbonyl (C=O) groups excluding carboxylic acids is 1. The zero-order chi connectivity index (χ0) is 16.5. The van der Waals surface area contributed by atoms with Crippen LogP contribution in [0.5, 0.6) is 0 Å². The van der Waals surface area contributed by atoms with E-state index in [1.54, 1.807) is 16.9 Å². The summed E-state index contributed by atoms with van der Waals surface area (Å²) in [6.45, 7) is 0. The number of nitrogens with zero attached hydrogens (tertiary/aromatic N) is 3. The number of hydrogen-bond donors (Lipinski definition) is 1. The molecule has 0 spiro atoms. The van der Waals surface area contributed by atoms with Crippen LogP contribution in [-0.4, -0.2) is 20.9 Å². The Morgan fingerprint density at radius 3 is 2.46 bits per heavy atom. The van der Waals surface area contributed by atoms with Crippen molar-refractivity contribution in [2.45, 2.75) is 25.7 Å². The minimum Gasteiger partial charge on any atom is -0.324 e. The molecule has 1 N–H and O–H groups in total. The standard InChI is InChI=1S/C18H17ClN4O/c19-14-10-16-17(22-23(21-16)13-8-2-1-3-9-13)11-15(14)20-18(24)12-6-4-5-7-12/h1-3,8-12H,4-7H2,(H,20,24). The van der Waals surface area contributed by atoms with E-state index in [4.69, 9.17) is 11.6 Å². The number of rotatable bonds is 3. The molecule has 1 aliphatic rings. The molecule has 24 heavy (non-hydrogen) atoms. The van der Waals surface area contributed by atoms with Crippen LogP contribution in [0.15, 0.2) is 42.5 Å². The SMILES string of the molecule is O=C(Nc1cc2nn(-c3ccccc3)nc2cc1Cl)C1CCCC1. The number of halogens is 1. The number of anilines is 1. The summed E-state index contributed by atoms with van der Waals surface area (Å²) in [6, 6.07) is 13.2. The smallest absolute Gasteiger partial charge is 0.227 e. The van der Waals surface area contributed by atoms with E-state index < -0.39 is 0 Å². The second-order valence-electron chi connectivity index (χ2n) is 6.12. The average Bonchev–Trinajstić information content (AvgIpc) is 3.25. The van der Waals surface area contributed by atoms with Crippen molar-refractivity contribution in [3.05, 3.63) is 47.5 Å². The molecular formula is C18H17ClN4O. The third kappa shape index (κ3) is 2.87. The molecule has 0 bridgehead atoms. The Bertz CT molecular complexity index is 885. The van der Waals surface area contributed by atoms with Crippen molar-refractivity contribution in [2.24, 2.45) is 5.92 Å². The van der Waals surface area contributed by atoms with Crippen LogP contribution < -0.4 is 5.32 Å². The average molecular weight is 341 g/mol. The van der Waals surface area contributed by atoms with E-state index in [1.165, 1.54) is 0 Å². The third-order valence-electron chi connectivity index (χ3n) is 4.44. The summed E-state index contributed by atoms with van der Waals surface area (Å²) in [5, 5.41) is 12.4. The largest absolute Gasteiger partial charge is 0.324 e. The van der Waals surface area contributed by atoms with Crippen LogP contribution in [0, 0.1) is 5.92 Å². The Morgan fingerprint density at radius 2 is 1.75 bits per heavy atom. The summed E-state index contributed by atoms with van der Waals surface area (Å²) in [4.78, 5) is 13.9. The highest BCUT2D eigenvalue weighted by molar-refractivity contribution is 6.34. The van der Waals surface area contributed by atoms with Crippen LogP contribution in [-0.2, 0) is 4.79 Å². The van der Waals surface area contributed by atoms with Crippen LogP contribution in [0.3, 0.4) is 0 Å². The molecule has 1 saturated carbocycles. The predicted octanol–water partition coefficient (Wildman–Crippen LogP) is 4.20. The van der Waals surface area contributed by atoms with Gasteiger partial charge in [0.25, 0.3) is 0 Å². The zero-order valence-electron chi connectivity index (χ0n) is 13.1. The fraction of sp³-hybridized carbons (Fsp3) is 0.278. The molecule has 4 rings (SSSR count). The van der Waals surface area contributed by atoms with E-state index in [9.17, 15) is 4.79 Å². The first-order valence-electron chi connectivity index (χ1n) is 8.13. The fourth-order valence-corrected chi connectivity index (χ4v) is 3.34. The molecule has 1 aliphatic carbocycles. The van der Waals surface area contributed by atoms with Crippen molar-refractivity contribution in [1.29, 1.82) is 0 Å². The number of hydrogen-bond acceptors (Lipinski definition) is 3. The molecule has 2 aromatic carbocycles. The van der Waals surface area contributed by atoms with Gasteiger partial charge in [-0.2, -0.15) is 4.80 Å². The quantitative estimate of drug-likeness (QED) is 0.777. The molecule has 1 amide bonds. The van der Waals surface area contributed by atoms with Gasteiger partial charge in [0.2, 0.25) is 5.91 Å². The molecule has 0 radical (unpaired) electrons. The van der Waals surface area contributed by atoms with Gasteiger partial charge in [0.1, 0.15) is 11.0 Å². The first-order valence-corrected chi connectivity index (χ1v) is 8.51. The zero-order valence-corrected chi connectivity index (χ0v) is 13.8. The van der Waals surface area contributed by atoms with E-state index in [1.807, 2.05) is 30.3 Å². The molecule has 122 valence electrons. The summed E-state index contributed by atoms with van der Waals surface area (Å²) in [5.74, 6) is 0.140. The van der Waals surface area contributed by atoms with Gasteiger partial charge in [0.15, 0.2) is 0 Å². The molecule has 5 nitrogen and oxygen atoms in total. The second kappa shape index (κ2) is 6.24. The molecule has 0 atom stereocenters. The van der Waals surface area contributed by atoms with Crippen LogP contribution in [0.2, 0.25) is 5.02 Å². The predicted molar refractivity (Wildman–Crippen MR) is 94.5 cm³/mol. The van der Waals surface area contributed by atoms with E-state index in [0.717, 1.165) is 31.4 Å². The van der Waals surface area contributed by atoms with Crippen molar-refractivity contribution in [3.8, 4) is 5.69 Å². The maximum absolute atomic E-state index is 12.3. The van der Waals surface area contributed by atoms with Crippen LogP contribution in [0.4, 0.5) is 5.69 Å². The number of fused-ring (bicyclic) bond motifs is 1. The van der Waals surface area contributed by atoms with Gasteiger partial charge in [0, 0.05) is 5.92 Å². The van der Waals surface area contributed by atoms with E-state index in [2.05, 4.69) is 15.5 Å². The van der Waals surface area contributed by atoms with Gasteiger partial charge < -0.3 is 5.32 Å². The minimum atomic E-state index is 0.0456. The molecule has 1 fully saturated rings. The minimum absolute atomic E-state index is 0.0456. The summed E-state index contributed by atoms with van der Waals surface area (Å²) >= 11 is 6.32. The van der Waals surface area contributed by atoms with Crippen molar-refractivity contribution >= 4 is 34.2 Å². The topological polar surface area (TPSA) is 59.8 Å². The molecule has 0 aliphatic heterocycles. The summed E-state index contributed by atoms with van der Waals surface area (Å²) < 4.78 is 0. The molecule has 1 aromatic heterocycles. The van der Waals surface area contributed by atoms with Crippen LogP contribution >= 0.6 is 11.6 Å². The van der Waals surface area contributed by atoms with Crippen LogP contribution in [0.1, 0.15) is 25.7 Å². The van der Waals surface area contributed by atoms with Crippen molar-refractivity contribution < 1.29 is 4.79 Å². The number of para-hydroxylation sites is 1. The summed E-state index contributed by atoms with van der Waals surface area (Å²) in [6.07, 6.45) is 4.15. The highest BCUT2D eigenvalue weighted by Gasteiger charge is 2.23. The highest BCUT2D eigenvalue weighted by atomic mass is 35.5. The lowest BCUT2D eigenvalue weighted by molar-refractivity contribution is -0.119. The summed E-state index contributed by atoms with van der Waals surface area (Å²) in [7, 11) is 0. The van der Waals surface area contributed by atoms with Gasteiger partial charge in [-0.1, -0.05) is 42.6 Å². The van der Waals surface area contributed by atoms with E-state index in [0.29, 0.717) is 21.7 Å². The van der Waals surface area contributed by atoms with Crippen LogP contribution in [0.25, 0.3) is 16.7 Å². The Balaban J connectivity index is 1.65. The Labute approximate surface area is 144 Å². The molecule has 3 aromatic rings. The molecule has 1 heterocycles. The molecule has 6 heteroatoms. The monoisotopic (exact) mass is 340 g/mol. The van der Waals surface area contributed by atoms with Gasteiger partial charge in [-0.3, -0.25) is 4.79 Å². The first kappa shape index (κ1) is 15.1. The maximum Gasteiger partial charge on any atom is 0.227 e. The number of benzene rings is 2. The van der Waals surface area contributed by atoms with Gasteiger partial charge in [-0.05, 0) is 37.1 Å². The molecule has 0 unspecified atom stereocenters. The second-order valence-corrected chi connectivity index (χ2v) is 6.52. The van der Waals surface area contributed by atoms with Gasteiger partial charge >= 0.3 is 0 Å². The van der Waals surface area contributed by atoms with Crippen molar-refractivity contribution in [3.63, 3.8) is 0 Å². The van der Waals surface area contributed by atoms with Gasteiger partial charge in [-0.15, -0.1) is 10.2 Å². The molecule has 0 saturated heterocycles. The lowest BCUT2D eigenvalue weighted by Gasteiger charge is -2.11. The highest BCUT2D eigenvalue weighted by Crippen LogP contribution is 2.30. The maximum atomic E-state index is 12.3. The van der Waals surface area contributed by atoms with Gasteiger partial charge in [-0.25, -0.2) is 0 Å².